The van der Waals surface area contributed by atoms with Crippen LogP contribution in [0.2, 0.25) is 0 Å². The number of hydrogen-bond acceptors (Lipinski definition) is 3. The van der Waals surface area contributed by atoms with Crippen molar-refractivity contribution < 1.29 is 19.8 Å². The Morgan fingerprint density at radius 3 is 2.35 bits per heavy atom. The van der Waals surface area contributed by atoms with Crippen LogP contribution in [0.5, 0.6) is 0 Å². The third-order valence-electron chi connectivity index (χ3n) is 3.54. The number of carbonyl (C=O) groups is 2. The van der Waals surface area contributed by atoms with Gasteiger partial charge in [0.15, 0.2) is 0 Å². The van der Waals surface area contributed by atoms with E-state index in [1.807, 2.05) is 12.2 Å². The summed E-state index contributed by atoms with van der Waals surface area (Å²) in [6.45, 7) is 0.873. The third-order valence-corrected chi connectivity index (χ3v) is 3.54. The van der Waals surface area contributed by atoms with Gasteiger partial charge in [0.05, 0.1) is 17.9 Å². The van der Waals surface area contributed by atoms with Crippen LogP contribution in [0.15, 0.2) is 12.2 Å². The van der Waals surface area contributed by atoms with E-state index < -0.39 is 23.9 Å². The Hall–Kier alpha value is -1.36. The topological polar surface area (TPSA) is 77.8 Å². The molecule has 0 spiro atoms. The van der Waals surface area contributed by atoms with Crippen molar-refractivity contribution in [3.8, 4) is 0 Å². The van der Waals surface area contributed by atoms with E-state index in [-0.39, 0.29) is 5.91 Å². The molecule has 0 bridgehead atoms. The average Bonchev–Trinajstić information content (AvgIpc) is 2.75. The molecule has 2 unspecified atom stereocenters. The van der Waals surface area contributed by atoms with E-state index in [4.69, 9.17) is 5.11 Å². The second kappa shape index (κ2) is 4.87. The largest absolute Gasteiger partial charge is 0.481 e. The number of likely N-dealkylation sites (tertiary alicyclic amines) is 1. The van der Waals surface area contributed by atoms with E-state index in [0.717, 1.165) is 0 Å². The van der Waals surface area contributed by atoms with Gasteiger partial charge in [0, 0.05) is 13.1 Å². The van der Waals surface area contributed by atoms with Crippen molar-refractivity contribution in [3.05, 3.63) is 12.2 Å². The van der Waals surface area contributed by atoms with Gasteiger partial charge in [-0.05, 0) is 19.3 Å². The van der Waals surface area contributed by atoms with E-state index in [9.17, 15) is 14.7 Å². The van der Waals surface area contributed by atoms with Crippen molar-refractivity contribution >= 4 is 11.9 Å². The first kappa shape index (κ1) is 12.1. The van der Waals surface area contributed by atoms with Gasteiger partial charge in [-0.2, -0.15) is 0 Å². The molecule has 2 rings (SSSR count). The predicted molar refractivity (Wildman–Crippen MR) is 60.2 cm³/mol. The van der Waals surface area contributed by atoms with Crippen LogP contribution in [0.3, 0.4) is 0 Å². The van der Waals surface area contributed by atoms with Crippen LogP contribution in [-0.4, -0.2) is 46.2 Å². The summed E-state index contributed by atoms with van der Waals surface area (Å²) in [7, 11) is 0. The summed E-state index contributed by atoms with van der Waals surface area (Å²) in [5.41, 5.74) is 0. The number of aliphatic hydroxyl groups excluding tert-OH is 1. The summed E-state index contributed by atoms with van der Waals surface area (Å²) >= 11 is 0. The lowest BCUT2D eigenvalue weighted by molar-refractivity contribution is -0.150. The summed E-state index contributed by atoms with van der Waals surface area (Å²) in [6.07, 6.45) is 4.73. The molecule has 1 fully saturated rings. The fourth-order valence-electron chi connectivity index (χ4n) is 2.54. The van der Waals surface area contributed by atoms with Crippen LogP contribution >= 0.6 is 0 Å². The van der Waals surface area contributed by atoms with Crippen LogP contribution in [0.25, 0.3) is 0 Å². The number of carboxylic acid groups (broad SMARTS) is 1. The maximum Gasteiger partial charge on any atom is 0.307 e. The van der Waals surface area contributed by atoms with Crippen LogP contribution in [0.1, 0.15) is 19.3 Å². The first-order chi connectivity index (χ1) is 8.09. The zero-order valence-corrected chi connectivity index (χ0v) is 9.58. The first-order valence-corrected chi connectivity index (χ1v) is 5.94. The fourth-order valence-corrected chi connectivity index (χ4v) is 2.54. The Balaban J connectivity index is 2.07. The normalized spacial score (nSPS) is 32.8. The molecule has 17 heavy (non-hydrogen) atoms. The molecule has 1 amide bonds. The lowest BCUT2D eigenvalue weighted by atomic mass is 9.82. The van der Waals surface area contributed by atoms with Gasteiger partial charge in [-0.25, -0.2) is 0 Å². The zero-order chi connectivity index (χ0) is 12.4. The van der Waals surface area contributed by atoms with E-state index in [0.29, 0.717) is 32.4 Å². The van der Waals surface area contributed by atoms with Crippen molar-refractivity contribution in [1.82, 2.24) is 4.90 Å². The number of carbonyl (C=O) groups excluding carboxylic acids is 1. The number of amides is 1. The molecular formula is C12H17NO4. The minimum atomic E-state index is -0.910. The number of rotatable bonds is 2. The summed E-state index contributed by atoms with van der Waals surface area (Å²) in [5.74, 6) is -2.13. The maximum absolute atomic E-state index is 12.2. The first-order valence-electron chi connectivity index (χ1n) is 5.94. The summed E-state index contributed by atoms with van der Waals surface area (Å²) < 4.78 is 0. The molecule has 2 N–H and O–H groups in total. The minimum Gasteiger partial charge on any atom is -0.481 e. The molecule has 1 aliphatic heterocycles. The molecule has 1 heterocycles. The lowest BCUT2D eigenvalue weighted by Crippen LogP contribution is -2.41. The molecule has 0 aromatic carbocycles. The second-order valence-electron chi connectivity index (χ2n) is 4.72. The Bertz CT molecular complexity index is 352. The summed E-state index contributed by atoms with van der Waals surface area (Å²) in [4.78, 5) is 24.9. The molecule has 1 aliphatic carbocycles. The van der Waals surface area contributed by atoms with Gasteiger partial charge in [0.25, 0.3) is 0 Å². The minimum absolute atomic E-state index is 0.127. The van der Waals surface area contributed by atoms with Gasteiger partial charge in [-0.15, -0.1) is 0 Å². The monoisotopic (exact) mass is 239 g/mol. The number of aliphatic carboxylic acids is 1. The molecule has 0 aromatic heterocycles. The third kappa shape index (κ3) is 2.49. The van der Waals surface area contributed by atoms with Gasteiger partial charge in [-0.3, -0.25) is 9.59 Å². The summed E-state index contributed by atoms with van der Waals surface area (Å²) in [6, 6.07) is 0. The molecule has 0 radical (unpaired) electrons. The van der Waals surface area contributed by atoms with Crippen molar-refractivity contribution in [2.24, 2.45) is 11.8 Å². The number of β-amino-alcohol motifs (C(OH)–C–C–N with tert-alkyl or cyclic N) is 1. The number of allylic oxidation sites excluding steroid dienone is 2. The smallest absolute Gasteiger partial charge is 0.307 e. The molecular weight excluding hydrogens is 222 g/mol. The van der Waals surface area contributed by atoms with Crippen LogP contribution < -0.4 is 0 Å². The standard InChI is InChI=1S/C12H17NO4/c14-8-5-6-13(7-8)11(15)9-3-1-2-4-10(9)12(16)17/h1-2,8-10,14H,3-7H2,(H,16,17)/t8-,9?,10?/m1/s1. The second-order valence-corrected chi connectivity index (χ2v) is 4.72. The van der Waals surface area contributed by atoms with E-state index >= 15 is 0 Å². The Morgan fingerprint density at radius 1 is 1.18 bits per heavy atom. The van der Waals surface area contributed by atoms with Crippen LogP contribution in [0.4, 0.5) is 0 Å². The van der Waals surface area contributed by atoms with Crippen molar-refractivity contribution in [1.29, 1.82) is 0 Å². The number of nitrogens with zero attached hydrogens (tertiary/aromatic N) is 1. The molecule has 2 aliphatic rings. The van der Waals surface area contributed by atoms with E-state index in [1.54, 1.807) is 4.90 Å². The highest BCUT2D eigenvalue weighted by Gasteiger charge is 2.38. The van der Waals surface area contributed by atoms with Gasteiger partial charge in [0.2, 0.25) is 5.91 Å². The SMILES string of the molecule is O=C(O)C1CC=CCC1C(=O)N1CC[C@@H](O)C1. The highest BCUT2D eigenvalue weighted by molar-refractivity contribution is 5.85. The quantitative estimate of drug-likeness (QED) is 0.677. The predicted octanol–water partition coefficient (Wildman–Crippen LogP) is 0.247. The number of hydrogen-bond donors (Lipinski definition) is 2. The number of aliphatic hydroxyl groups is 1. The summed E-state index contributed by atoms with van der Waals surface area (Å²) in [5, 5.41) is 18.5. The van der Waals surface area contributed by atoms with E-state index in [1.165, 1.54) is 0 Å². The lowest BCUT2D eigenvalue weighted by Gasteiger charge is -2.28. The molecule has 0 saturated carbocycles. The average molecular weight is 239 g/mol. The van der Waals surface area contributed by atoms with E-state index in [2.05, 4.69) is 0 Å². The Labute approximate surface area is 99.7 Å². The van der Waals surface area contributed by atoms with Gasteiger partial charge in [-0.1, -0.05) is 12.2 Å². The van der Waals surface area contributed by atoms with Gasteiger partial charge in [0.1, 0.15) is 0 Å². The molecule has 94 valence electrons. The Morgan fingerprint density at radius 2 is 1.82 bits per heavy atom. The zero-order valence-electron chi connectivity index (χ0n) is 9.58. The molecule has 0 aromatic rings. The van der Waals surface area contributed by atoms with Gasteiger partial charge >= 0.3 is 5.97 Å². The molecule has 1 saturated heterocycles. The maximum atomic E-state index is 12.2. The molecule has 5 heteroatoms. The molecule has 3 atom stereocenters. The fraction of sp³-hybridized carbons (Fsp3) is 0.667. The van der Waals surface area contributed by atoms with Crippen molar-refractivity contribution in [2.45, 2.75) is 25.4 Å². The van der Waals surface area contributed by atoms with Crippen molar-refractivity contribution in [3.63, 3.8) is 0 Å². The van der Waals surface area contributed by atoms with Gasteiger partial charge < -0.3 is 15.1 Å². The highest BCUT2D eigenvalue weighted by Crippen LogP contribution is 2.28. The Kier molecular flexibility index (Phi) is 3.47. The van der Waals surface area contributed by atoms with Crippen LogP contribution in [-0.2, 0) is 9.59 Å². The number of carboxylic acids is 1. The highest BCUT2D eigenvalue weighted by atomic mass is 16.4. The van der Waals surface area contributed by atoms with Crippen molar-refractivity contribution in [2.75, 3.05) is 13.1 Å². The van der Waals surface area contributed by atoms with Crippen LogP contribution in [0, 0.1) is 11.8 Å². The molecule has 5 nitrogen and oxygen atoms in total.